The first-order chi connectivity index (χ1) is 28.8. The number of rotatable bonds is 18. The van der Waals surface area contributed by atoms with Crippen molar-refractivity contribution in [1.29, 1.82) is 0 Å². The monoisotopic (exact) mass is 885 g/mol. The Kier molecular flexibility index (Phi) is 13.5. The van der Waals surface area contributed by atoms with Gasteiger partial charge in [0.15, 0.2) is 0 Å². The third-order valence-electron chi connectivity index (χ3n) is 12.3. The number of hydrogen-bond donors (Lipinski definition) is 0. The molecule has 2 unspecified atom stereocenters. The molecule has 0 aliphatic carbocycles. The Hall–Kier alpha value is -2.87. The summed E-state index contributed by atoms with van der Waals surface area (Å²) in [5.74, 6) is 0.964. The summed E-state index contributed by atoms with van der Waals surface area (Å²) in [5, 5.41) is 1.07. The topological polar surface area (TPSA) is 61.1 Å². The first kappa shape index (κ1) is 42.8. The van der Waals surface area contributed by atoms with Crippen LogP contribution >= 0.6 is 45.3 Å². The highest BCUT2D eigenvalue weighted by Gasteiger charge is 2.44. The molecule has 0 spiro atoms. The molecule has 11 heteroatoms. The number of thiophene rings is 4. The van der Waals surface area contributed by atoms with E-state index in [1.807, 2.05) is 43.4 Å². The van der Waals surface area contributed by atoms with Crippen LogP contribution in [0.5, 0.6) is 0 Å². The van der Waals surface area contributed by atoms with Gasteiger partial charge < -0.3 is 22.6 Å². The van der Waals surface area contributed by atoms with E-state index in [-0.39, 0.29) is 5.63 Å². The van der Waals surface area contributed by atoms with Gasteiger partial charge in [-0.25, -0.2) is 4.79 Å². The summed E-state index contributed by atoms with van der Waals surface area (Å²) in [6, 6.07) is 13.1. The average molecular weight is 886 g/mol. The van der Waals surface area contributed by atoms with Crippen LogP contribution in [-0.2, 0) is 19.7 Å². The molecule has 0 saturated heterocycles. The van der Waals surface area contributed by atoms with E-state index in [2.05, 4.69) is 81.1 Å². The van der Waals surface area contributed by atoms with Crippen LogP contribution in [-0.4, -0.2) is 41.7 Å². The van der Waals surface area contributed by atoms with Crippen LogP contribution in [0.3, 0.4) is 0 Å². The molecule has 2 atom stereocenters. The van der Waals surface area contributed by atoms with Crippen LogP contribution in [0.1, 0.15) is 137 Å². The molecular weight excluding hydrogens is 827 g/mol. The van der Waals surface area contributed by atoms with Gasteiger partial charge in [0.05, 0.1) is 10.1 Å². The fraction of sp³-hybridized carbons (Fsp3) is 0.479. The number of benzene rings is 1. The minimum atomic E-state index is -2.94. The predicted molar refractivity (Wildman–Crippen MR) is 258 cm³/mol. The van der Waals surface area contributed by atoms with Crippen LogP contribution in [0.2, 0.25) is 0 Å². The van der Waals surface area contributed by atoms with Crippen LogP contribution in [0.4, 0.5) is 5.69 Å². The molecule has 5 aromatic heterocycles. The molecule has 314 valence electrons. The van der Waals surface area contributed by atoms with Crippen molar-refractivity contribution in [2.24, 2.45) is 0 Å². The summed E-state index contributed by atoms with van der Waals surface area (Å²) < 4.78 is 28.8. The normalized spacial score (nSPS) is 17.0. The first-order valence-electron chi connectivity index (χ1n) is 22.0. The van der Waals surface area contributed by atoms with Gasteiger partial charge in [-0.3, -0.25) is 0 Å². The first-order valence-corrected chi connectivity index (χ1v) is 27.0. The maximum absolute atomic E-state index is 13.9. The van der Waals surface area contributed by atoms with Crippen molar-refractivity contribution in [2.45, 2.75) is 118 Å². The fourth-order valence-electron chi connectivity index (χ4n) is 9.32. The maximum Gasteiger partial charge on any atom is 0.547 e. The number of nitrogens with zero attached hydrogens (tertiary/aromatic N) is 1. The second-order valence-electron chi connectivity index (χ2n) is 15.9. The molecule has 0 radical (unpaired) electrons. The van der Waals surface area contributed by atoms with Crippen molar-refractivity contribution < 1.29 is 17.7 Å². The Morgan fingerprint density at radius 2 is 1.53 bits per heavy atom. The van der Waals surface area contributed by atoms with Gasteiger partial charge in [-0.15, -0.1) is 45.3 Å². The molecule has 0 saturated carbocycles. The molecule has 2 aliphatic rings. The lowest BCUT2D eigenvalue weighted by Crippen LogP contribution is -2.55. The van der Waals surface area contributed by atoms with Gasteiger partial charge in [-0.2, -0.15) is 0 Å². The summed E-state index contributed by atoms with van der Waals surface area (Å²) in [7, 11) is -2.94. The summed E-state index contributed by atoms with van der Waals surface area (Å²) in [4.78, 5) is 22.5. The molecule has 1 aromatic carbocycles. The number of aryl methyl sites for hydroxylation is 2. The zero-order chi connectivity index (χ0) is 41.3. The van der Waals surface area contributed by atoms with Gasteiger partial charge in [0.2, 0.25) is 0 Å². The van der Waals surface area contributed by atoms with Crippen LogP contribution < -0.4 is 15.0 Å². The van der Waals surface area contributed by atoms with E-state index in [9.17, 15) is 4.79 Å². The lowest BCUT2D eigenvalue weighted by atomic mass is 9.78. The number of unbranched alkanes of at least 4 members (excludes halogenated alkanes) is 3. The second kappa shape index (κ2) is 18.6. The van der Waals surface area contributed by atoms with Gasteiger partial charge >= 0.3 is 14.4 Å². The van der Waals surface area contributed by atoms with E-state index in [1.54, 1.807) is 22.7 Å². The molecule has 0 N–H and O–H groups in total. The van der Waals surface area contributed by atoms with E-state index in [1.165, 1.54) is 89.0 Å². The van der Waals surface area contributed by atoms with Crippen molar-refractivity contribution in [3.63, 3.8) is 0 Å². The molecule has 0 fully saturated rings. The maximum atomic E-state index is 13.9. The Morgan fingerprint density at radius 3 is 2.24 bits per heavy atom. The molecule has 0 bridgehead atoms. The standard InChI is InChI=1S/C48H59NO5S4Si/c1-8-14-15-16-17-35-38(20-18-34-19-23-41(55-34)59(51-11-4,52-12-5)53-13-6)57-46-30(7)45(58-47(35)46)40-22-21-39(56-40)37-29-33-28-36-31(9-2)24-26-49-27-25-32(10-3)42(43(36)49)44(33)54-48(37)50/h18-23,28-29,31-32H,8-17,24-27H2,1-7H3/b20-18+. The Balaban J connectivity index is 1.13. The number of anilines is 1. The highest BCUT2D eigenvalue weighted by Crippen LogP contribution is 2.51. The van der Waals surface area contributed by atoms with Crippen molar-refractivity contribution in [2.75, 3.05) is 37.8 Å². The van der Waals surface area contributed by atoms with Gasteiger partial charge in [-0.05, 0) is 143 Å². The highest BCUT2D eigenvalue weighted by atomic mass is 32.1. The van der Waals surface area contributed by atoms with Crippen LogP contribution in [0.15, 0.2) is 45.6 Å². The fourth-order valence-corrected chi connectivity index (χ4v) is 17.5. The molecule has 8 rings (SSSR count). The molecule has 0 amide bonds. The predicted octanol–water partition coefficient (Wildman–Crippen LogP) is 14.0. The van der Waals surface area contributed by atoms with Crippen molar-refractivity contribution in [1.82, 2.24) is 0 Å². The molecule has 59 heavy (non-hydrogen) atoms. The lowest BCUT2D eigenvalue weighted by molar-refractivity contribution is 0.0866. The molecule has 6 aromatic rings. The van der Waals surface area contributed by atoms with Gasteiger partial charge in [0.25, 0.3) is 0 Å². The lowest BCUT2D eigenvalue weighted by Gasteiger charge is -2.42. The Bertz CT molecular complexity index is 2480. The Labute approximate surface area is 367 Å². The summed E-state index contributed by atoms with van der Waals surface area (Å²) in [6.45, 7) is 19.0. The van der Waals surface area contributed by atoms with Crippen molar-refractivity contribution in [3.8, 4) is 20.2 Å². The van der Waals surface area contributed by atoms with E-state index in [0.29, 0.717) is 37.2 Å². The highest BCUT2D eigenvalue weighted by molar-refractivity contribution is 7.32. The quantitative estimate of drug-likeness (QED) is 0.0487. The summed E-state index contributed by atoms with van der Waals surface area (Å²) in [5.41, 5.74) is 8.14. The third-order valence-corrected chi connectivity index (χ3v) is 21.1. The largest absolute Gasteiger partial charge is 0.547 e. The van der Waals surface area contributed by atoms with E-state index in [4.69, 9.17) is 17.7 Å². The van der Waals surface area contributed by atoms with Crippen LogP contribution in [0, 0.1) is 6.92 Å². The zero-order valence-electron chi connectivity index (χ0n) is 35.8. The van der Waals surface area contributed by atoms with E-state index in [0.717, 1.165) is 59.1 Å². The molecule has 6 nitrogen and oxygen atoms in total. The van der Waals surface area contributed by atoms with Crippen molar-refractivity contribution in [3.05, 3.63) is 78.8 Å². The molecule has 2 aliphatic heterocycles. The number of fused-ring (bicyclic) bond motifs is 3. The SMILES string of the molecule is CCCCCCc1c(/C=C/c2ccc([Si](OCC)(OCC)OCC)s2)sc2c(C)c(-c3ccc(-c4cc5cc6c7c(c5oc4=O)C(CC)CCN7CCC6CC)s3)sc12. The second-order valence-corrected chi connectivity index (χ2v) is 23.0. The average Bonchev–Trinajstić information content (AvgIpc) is 4.05. The smallest absolute Gasteiger partial charge is 0.422 e. The number of hydrogen-bond acceptors (Lipinski definition) is 10. The molecular formula is C48H59NO5S4Si. The van der Waals surface area contributed by atoms with E-state index < -0.39 is 8.80 Å². The summed E-state index contributed by atoms with van der Waals surface area (Å²) >= 11 is 7.27. The zero-order valence-corrected chi connectivity index (χ0v) is 40.1. The molecule has 7 heterocycles. The van der Waals surface area contributed by atoms with E-state index >= 15 is 0 Å². The Morgan fingerprint density at radius 1 is 0.797 bits per heavy atom. The minimum Gasteiger partial charge on any atom is -0.422 e. The third kappa shape index (κ3) is 8.16. The summed E-state index contributed by atoms with van der Waals surface area (Å²) in [6.07, 6.45) is 15.0. The van der Waals surface area contributed by atoms with Crippen molar-refractivity contribution >= 4 is 96.9 Å². The van der Waals surface area contributed by atoms with Crippen LogP contribution in [0.25, 0.3) is 52.7 Å². The van der Waals surface area contributed by atoms with Gasteiger partial charge in [0.1, 0.15) is 5.58 Å². The minimum absolute atomic E-state index is 0.230. The van der Waals surface area contributed by atoms with Gasteiger partial charge in [0, 0.05) is 83.3 Å². The van der Waals surface area contributed by atoms with Gasteiger partial charge in [-0.1, -0.05) is 40.0 Å².